The number of hydrogen-bond donors (Lipinski definition) is 2. The molecule has 12 nitrogen and oxygen atoms in total. The molecule has 12 heteroatoms. The van der Waals surface area contributed by atoms with Crippen LogP contribution < -0.4 is 5.32 Å². The van der Waals surface area contributed by atoms with Crippen LogP contribution in [0.2, 0.25) is 0 Å². The summed E-state index contributed by atoms with van der Waals surface area (Å²) in [6.45, 7) is 2.46. The number of amides is 1. The minimum atomic E-state index is -1.20. The van der Waals surface area contributed by atoms with Crippen LogP contribution >= 0.6 is 0 Å². The zero-order valence-electron chi connectivity index (χ0n) is 34.1. The molecule has 3 saturated heterocycles. The first kappa shape index (κ1) is 42.8. The number of carbonyl (C=O) groups is 1. The molecule has 320 valence electrons. The van der Waals surface area contributed by atoms with Gasteiger partial charge in [-0.25, -0.2) is 0 Å². The van der Waals surface area contributed by atoms with Crippen LogP contribution in [0.25, 0.3) is 0 Å². The highest BCUT2D eigenvalue weighted by Gasteiger charge is 2.55. The molecule has 0 aliphatic carbocycles. The molecule has 2 N–H and O–H groups in total. The maximum absolute atomic E-state index is 13.0. The number of nitrogens with one attached hydrogen (secondary N) is 1. The summed E-state index contributed by atoms with van der Waals surface area (Å²) in [7, 11) is 0. The Bertz CT molecular complexity index is 2050. The molecule has 0 radical (unpaired) electrons. The van der Waals surface area contributed by atoms with Crippen LogP contribution in [0.3, 0.4) is 0 Å². The van der Waals surface area contributed by atoms with Gasteiger partial charge in [-0.2, -0.15) is 0 Å². The third kappa shape index (κ3) is 11.4. The van der Waals surface area contributed by atoms with Crippen LogP contribution in [0, 0.1) is 0 Å². The summed E-state index contributed by atoms with van der Waals surface area (Å²) in [6, 6.07) is 47.7. The lowest BCUT2D eigenvalue weighted by Crippen LogP contribution is -2.68. The molecule has 0 unspecified atom stereocenters. The first-order valence-electron chi connectivity index (χ1n) is 20.8. The topological polar surface area (TPSA) is 132 Å². The second-order valence-electron chi connectivity index (χ2n) is 15.4. The summed E-state index contributed by atoms with van der Waals surface area (Å²) in [5.41, 5.74) is 4.53. The van der Waals surface area contributed by atoms with Crippen LogP contribution in [-0.4, -0.2) is 85.6 Å². The van der Waals surface area contributed by atoms with Gasteiger partial charge in [-0.3, -0.25) is 4.79 Å². The highest BCUT2D eigenvalue weighted by Crippen LogP contribution is 2.38. The number of ether oxygens (including phenoxy) is 9. The molecule has 8 rings (SSSR count). The quantitative estimate of drug-likeness (QED) is 0.108. The predicted molar refractivity (Wildman–Crippen MR) is 223 cm³/mol. The first-order chi connectivity index (χ1) is 30.0. The van der Waals surface area contributed by atoms with Crippen molar-refractivity contribution in [2.24, 2.45) is 0 Å². The molecular formula is C49H53NO11. The van der Waals surface area contributed by atoms with Crippen LogP contribution in [0.5, 0.6) is 0 Å². The maximum atomic E-state index is 13.0. The van der Waals surface area contributed by atoms with Gasteiger partial charge in [0.1, 0.15) is 48.8 Å². The van der Waals surface area contributed by atoms with Gasteiger partial charge in [-0.05, 0) is 22.3 Å². The maximum Gasteiger partial charge on any atom is 0.217 e. The molecule has 3 heterocycles. The van der Waals surface area contributed by atoms with Gasteiger partial charge < -0.3 is 53.1 Å². The van der Waals surface area contributed by atoms with E-state index in [2.05, 4.69) is 5.32 Å². The lowest BCUT2D eigenvalue weighted by atomic mass is 9.94. The van der Waals surface area contributed by atoms with Gasteiger partial charge in [-0.1, -0.05) is 152 Å². The zero-order chi connectivity index (χ0) is 41.8. The molecule has 3 aliphatic rings. The van der Waals surface area contributed by atoms with E-state index in [1.807, 2.05) is 152 Å². The minimum Gasteiger partial charge on any atom is -0.387 e. The van der Waals surface area contributed by atoms with Crippen molar-refractivity contribution in [3.8, 4) is 0 Å². The van der Waals surface area contributed by atoms with E-state index in [1.165, 1.54) is 6.92 Å². The van der Waals surface area contributed by atoms with Crippen molar-refractivity contribution >= 4 is 5.91 Å². The van der Waals surface area contributed by atoms with Gasteiger partial charge in [0.05, 0.1) is 39.6 Å². The van der Waals surface area contributed by atoms with Crippen LogP contribution in [0.15, 0.2) is 152 Å². The summed E-state index contributed by atoms with van der Waals surface area (Å²) in [5, 5.41) is 15.3. The van der Waals surface area contributed by atoms with E-state index in [1.54, 1.807) is 0 Å². The Hall–Kier alpha value is -4.83. The van der Waals surface area contributed by atoms with E-state index < -0.39 is 67.6 Å². The molecule has 61 heavy (non-hydrogen) atoms. The van der Waals surface area contributed by atoms with Crippen molar-refractivity contribution in [2.45, 2.75) is 101 Å². The van der Waals surface area contributed by atoms with Gasteiger partial charge in [0.2, 0.25) is 5.91 Å². The number of fused-ring (bicyclic) bond motifs is 1. The van der Waals surface area contributed by atoms with Gasteiger partial charge in [0.25, 0.3) is 0 Å². The SMILES string of the molecule is CC(=O)N[C@H]1[C@H](OCc2ccccc2)O[C@H](COCc2ccccc2)[C@@H](O[C@@H]2O[C@@H]3CO[C@@H](c4ccccc4)O[C@H]3[C@H](O)[C@@H]2OCc2ccccc2)[C@@H]1OCc1ccccc1. The van der Waals surface area contributed by atoms with Crippen LogP contribution in [-0.2, 0) is 73.9 Å². The Morgan fingerprint density at radius 1 is 0.607 bits per heavy atom. The molecule has 3 fully saturated rings. The highest BCUT2D eigenvalue weighted by atomic mass is 16.8. The fourth-order valence-corrected chi connectivity index (χ4v) is 7.87. The largest absolute Gasteiger partial charge is 0.387 e. The Kier molecular flexibility index (Phi) is 15.0. The van der Waals surface area contributed by atoms with Crippen molar-refractivity contribution in [1.82, 2.24) is 5.32 Å². The smallest absolute Gasteiger partial charge is 0.217 e. The molecule has 0 aromatic heterocycles. The Balaban J connectivity index is 1.12. The third-order valence-electron chi connectivity index (χ3n) is 10.9. The second-order valence-corrected chi connectivity index (χ2v) is 15.4. The van der Waals surface area contributed by atoms with E-state index in [-0.39, 0.29) is 38.9 Å². The van der Waals surface area contributed by atoms with Gasteiger partial charge in [0, 0.05) is 12.5 Å². The van der Waals surface area contributed by atoms with Crippen molar-refractivity contribution in [3.63, 3.8) is 0 Å². The Labute approximate surface area is 356 Å². The zero-order valence-corrected chi connectivity index (χ0v) is 34.1. The van der Waals surface area contributed by atoms with Crippen molar-refractivity contribution in [1.29, 1.82) is 0 Å². The van der Waals surface area contributed by atoms with Gasteiger partial charge in [0.15, 0.2) is 18.9 Å². The molecule has 5 aromatic rings. The van der Waals surface area contributed by atoms with Crippen molar-refractivity contribution < 1.29 is 52.5 Å². The van der Waals surface area contributed by atoms with E-state index in [4.69, 9.17) is 42.6 Å². The molecule has 11 atom stereocenters. The Morgan fingerprint density at radius 2 is 1.11 bits per heavy atom. The minimum absolute atomic E-state index is 0.0601. The van der Waals surface area contributed by atoms with Crippen molar-refractivity contribution in [2.75, 3.05) is 13.2 Å². The van der Waals surface area contributed by atoms with Gasteiger partial charge in [-0.15, -0.1) is 0 Å². The monoisotopic (exact) mass is 831 g/mol. The number of rotatable bonds is 17. The fourth-order valence-electron chi connectivity index (χ4n) is 7.87. The third-order valence-corrected chi connectivity index (χ3v) is 10.9. The fraction of sp³-hybridized carbons (Fsp3) is 0.367. The van der Waals surface area contributed by atoms with E-state index in [9.17, 15) is 9.90 Å². The van der Waals surface area contributed by atoms with E-state index in [0.29, 0.717) is 6.61 Å². The summed E-state index contributed by atoms with van der Waals surface area (Å²) in [4.78, 5) is 13.0. The lowest BCUT2D eigenvalue weighted by molar-refractivity contribution is -0.388. The van der Waals surface area contributed by atoms with Crippen molar-refractivity contribution in [3.05, 3.63) is 179 Å². The second kappa shape index (κ2) is 21.3. The summed E-state index contributed by atoms with van der Waals surface area (Å²) >= 11 is 0. The standard InChI is InChI=1S/C49H53NO11/c1-33(51)50-41-45(54-28-35-19-9-3-10-20-35)44(39(31-53-27-34-17-7-2-8-18-34)58-48(41)56-30-37-23-13-5-14-24-37)61-49-46(55-29-36-21-11-4-12-22-36)42(52)43-40(59-49)32-57-47(60-43)38-25-15-6-16-26-38/h2-26,39-49,52H,27-32H2,1H3,(H,50,51)/t39-,40-,41-,42+,43-,44-,45-,46+,47-,48-,49+/m1/s1. The molecule has 0 spiro atoms. The average molecular weight is 832 g/mol. The average Bonchev–Trinajstić information content (AvgIpc) is 3.30. The first-order valence-corrected chi connectivity index (χ1v) is 20.8. The molecule has 3 aliphatic heterocycles. The predicted octanol–water partition coefficient (Wildman–Crippen LogP) is 6.41. The number of aliphatic hydroxyl groups excluding tert-OH is 1. The number of hydrogen-bond acceptors (Lipinski definition) is 11. The number of benzene rings is 5. The Morgan fingerprint density at radius 3 is 1.67 bits per heavy atom. The lowest BCUT2D eigenvalue weighted by Gasteiger charge is -2.51. The van der Waals surface area contributed by atoms with Gasteiger partial charge >= 0.3 is 0 Å². The number of carbonyl (C=O) groups excluding carboxylic acids is 1. The summed E-state index contributed by atoms with van der Waals surface area (Å²) in [5.74, 6) is -0.312. The van der Waals surface area contributed by atoms with Crippen LogP contribution in [0.4, 0.5) is 0 Å². The molecule has 0 saturated carbocycles. The summed E-state index contributed by atoms with van der Waals surface area (Å²) < 4.78 is 59.3. The van der Waals surface area contributed by atoms with E-state index in [0.717, 1.165) is 27.8 Å². The highest BCUT2D eigenvalue weighted by molar-refractivity contribution is 5.73. The normalized spacial score (nSPS) is 28.7. The molecule has 0 bridgehead atoms. The van der Waals surface area contributed by atoms with Crippen LogP contribution in [0.1, 0.15) is 41.0 Å². The molecular weight excluding hydrogens is 779 g/mol. The summed E-state index contributed by atoms with van der Waals surface area (Å²) in [6.07, 6.45) is -9.26. The molecule has 5 aromatic carbocycles. The van der Waals surface area contributed by atoms with E-state index >= 15 is 0 Å². The number of aliphatic hydroxyl groups is 1. The molecule has 1 amide bonds.